The van der Waals surface area contributed by atoms with Crippen LogP contribution in [0.4, 0.5) is 23.7 Å². The Morgan fingerprint density at radius 3 is 2.12 bits per heavy atom. The molecule has 43 heavy (non-hydrogen) atoms. The van der Waals surface area contributed by atoms with Gasteiger partial charge in [0, 0.05) is 12.0 Å². The maximum Gasteiger partial charge on any atom is 0.452 e. The summed E-state index contributed by atoms with van der Waals surface area (Å²) in [5.41, 5.74) is 1.25. The van der Waals surface area contributed by atoms with Crippen LogP contribution in [0.25, 0.3) is 11.4 Å². The number of nitrogens with zero attached hydrogens (tertiary/aromatic N) is 2. The summed E-state index contributed by atoms with van der Waals surface area (Å²) in [5.74, 6) is -3.16. The topological polar surface area (TPSA) is 119 Å². The van der Waals surface area contributed by atoms with E-state index in [4.69, 9.17) is 4.74 Å². The minimum atomic E-state index is -5.21. The SMILES string of the molecule is Cc1ccc(-c2ncc(NC(=O)OCc3ccccc3)c(=O)n2CC(=O)NC(Cc2ccccc2)C(=O)C(F)(F)F)cc1. The third-order valence-corrected chi connectivity index (χ3v) is 6.32. The van der Waals surface area contributed by atoms with E-state index in [2.05, 4.69) is 15.6 Å². The molecule has 222 valence electrons. The lowest BCUT2D eigenvalue weighted by atomic mass is 10.0. The smallest absolute Gasteiger partial charge is 0.444 e. The molecule has 0 fully saturated rings. The Morgan fingerprint density at radius 1 is 0.907 bits per heavy atom. The lowest BCUT2D eigenvalue weighted by Crippen LogP contribution is -2.49. The standard InChI is InChI=1S/C31H27F3N4O5/c1-20-12-14-23(15-13-20)28-35-17-25(37-30(42)43-19-22-10-6-3-7-11-22)29(41)38(28)18-26(39)36-24(27(40)31(32,33)34)16-21-8-4-2-5-9-21/h2-15,17,24H,16,18-19H2,1H3,(H,36,39)(H,37,42). The van der Waals surface area contributed by atoms with Crippen molar-refractivity contribution in [3.8, 4) is 11.4 Å². The van der Waals surface area contributed by atoms with Crippen molar-refractivity contribution in [2.24, 2.45) is 0 Å². The van der Waals surface area contributed by atoms with Crippen molar-refractivity contribution in [2.45, 2.75) is 38.7 Å². The van der Waals surface area contributed by atoms with Gasteiger partial charge >= 0.3 is 12.3 Å². The number of aryl methyl sites for hydroxylation is 1. The van der Waals surface area contributed by atoms with Crippen LogP contribution in [0, 0.1) is 6.92 Å². The monoisotopic (exact) mass is 592 g/mol. The Morgan fingerprint density at radius 2 is 1.51 bits per heavy atom. The second-order valence-corrected chi connectivity index (χ2v) is 9.61. The molecule has 1 unspecified atom stereocenters. The highest BCUT2D eigenvalue weighted by molar-refractivity contribution is 5.93. The van der Waals surface area contributed by atoms with Gasteiger partial charge < -0.3 is 10.1 Å². The van der Waals surface area contributed by atoms with Crippen LogP contribution >= 0.6 is 0 Å². The van der Waals surface area contributed by atoms with Crippen LogP contribution in [0.15, 0.2) is 95.9 Å². The van der Waals surface area contributed by atoms with Crippen LogP contribution in [0.2, 0.25) is 0 Å². The Hall–Kier alpha value is -5.26. The van der Waals surface area contributed by atoms with Gasteiger partial charge in [-0.15, -0.1) is 0 Å². The number of anilines is 1. The van der Waals surface area contributed by atoms with Crippen molar-refractivity contribution in [1.82, 2.24) is 14.9 Å². The van der Waals surface area contributed by atoms with Crippen molar-refractivity contribution in [2.75, 3.05) is 5.32 Å². The van der Waals surface area contributed by atoms with Gasteiger partial charge in [0.05, 0.1) is 6.20 Å². The van der Waals surface area contributed by atoms with Gasteiger partial charge in [-0.05, 0) is 18.1 Å². The summed E-state index contributed by atoms with van der Waals surface area (Å²) in [6.07, 6.45) is -5.48. The zero-order chi connectivity index (χ0) is 31.0. The summed E-state index contributed by atoms with van der Waals surface area (Å²) >= 11 is 0. The van der Waals surface area contributed by atoms with E-state index in [-0.39, 0.29) is 18.1 Å². The lowest BCUT2D eigenvalue weighted by molar-refractivity contribution is -0.173. The van der Waals surface area contributed by atoms with E-state index in [1.807, 2.05) is 6.92 Å². The number of Topliss-reactive ketones (excluding diaryl/α,β-unsaturated/α-hetero) is 1. The fourth-order valence-electron chi connectivity index (χ4n) is 4.17. The number of halogens is 3. The highest BCUT2D eigenvalue weighted by Gasteiger charge is 2.44. The fraction of sp³-hybridized carbons (Fsp3) is 0.194. The molecule has 12 heteroatoms. The van der Waals surface area contributed by atoms with Crippen LogP contribution in [0.3, 0.4) is 0 Å². The molecular formula is C31H27F3N4O5. The summed E-state index contributed by atoms with van der Waals surface area (Å²) in [7, 11) is 0. The van der Waals surface area contributed by atoms with Crippen LogP contribution in [-0.2, 0) is 33.9 Å². The van der Waals surface area contributed by atoms with Crippen LogP contribution in [-0.4, -0.2) is 39.6 Å². The first-order valence-corrected chi connectivity index (χ1v) is 13.1. The number of rotatable bonds is 10. The highest BCUT2D eigenvalue weighted by atomic mass is 19.4. The molecule has 0 radical (unpaired) electrons. The van der Waals surface area contributed by atoms with Crippen LogP contribution < -0.4 is 16.2 Å². The molecule has 1 aromatic heterocycles. The van der Waals surface area contributed by atoms with E-state index < -0.39 is 48.5 Å². The normalized spacial score (nSPS) is 11.8. The predicted molar refractivity (Wildman–Crippen MR) is 152 cm³/mol. The first-order chi connectivity index (χ1) is 20.5. The number of alkyl halides is 3. The minimum absolute atomic E-state index is 0.0186. The molecule has 2 N–H and O–H groups in total. The molecular weight excluding hydrogens is 565 g/mol. The molecule has 1 heterocycles. The van der Waals surface area contributed by atoms with Crippen molar-refractivity contribution in [3.05, 3.63) is 118 Å². The van der Waals surface area contributed by atoms with E-state index in [0.29, 0.717) is 16.7 Å². The average Bonchev–Trinajstić information content (AvgIpc) is 2.98. The summed E-state index contributed by atoms with van der Waals surface area (Å²) < 4.78 is 46.2. The Bertz CT molecular complexity index is 1640. The highest BCUT2D eigenvalue weighted by Crippen LogP contribution is 2.21. The van der Waals surface area contributed by atoms with Crippen LogP contribution in [0.1, 0.15) is 16.7 Å². The van der Waals surface area contributed by atoms with Crippen molar-refractivity contribution in [3.63, 3.8) is 0 Å². The van der Waals surface area contributed by atoms with Crippen LogP contribution in [0.5, 0.6) is 0 Å². The number of benzene rings is 3. The summed E-state index contributed by atoms with van der Waals surface area (Å²) in [4.78, 5) is 55.4. The van der Waals surface area contributed by atoms with E-state index in [0.717, 1.165) is 16.3 Å². The molecule has 0 spiro atoms. The number of carbonyl (C=O) groups is 3. The molecule has 4 rings (SSSR count). The molecule has 4 aromatic rings. The fourth-order valence-corrected chi connectivity index (χ4v) is 4.17. The lowest BCUT2D eigenvalue weighted by Gasteiger charge is -2.20. The van der Waals surface area contributed by atoms with Gasteiger partial charge in [-0.1, -0.05) is 90.5 Å². The molecule has 9 nitrogen and oxygen atoms in total. The number of hydrogen-bond donors (Lipinski definition) is 2. The van der Waals surface area contributed by atoms with Gasteiger partial charge in [-0.25, -0.2) is 9.78 Å². The first kappa shape index (κ1) is 30.7. The Labute approximate surface area is 244 Å². The molecule has 0 saturated heterocycles. The van der Waals surface area contributed by atoms with Crippen molar-refractivity contribution >= 4 is 23.5 Å². The summed E-state index contributed by atoms with van der Waals surface area (Å²) in [5, 5.41) is 4.43. The number of ketones is 1. The number of ether oxygens (including phenoxy) is 1. The summed E-state index contributed by atoms with van der Waals surface area (Å²) in [6.45, 7) is 0.977. The predicted octanol–water partition coefficient (Wildman–Crippen LogP) is 4.83. The number of carbonyl (C=O) groups excluding carboxylic acids is 3. The number of hydrogen-bond acceptors (Lipinski definition) is 6. The zero-order valence-electron chi connectivity index (χ0n) is 22.9. The number of aromatic nitrogens is 2. The van der Waals surface area contributed by atoms with Crippen molar-refractivity contribution in [1.29, 1.82) is 0 Å². The maximum absolute atomic E-state index is 13.5. The molecule has 0 bridgehead atoms. The van der Waals surface area contributed by atoms with Gasteiger partial charge in [0.1, 0.15) is 30.7 Å². The van der Waals surface area contributed by atoms with Crippen molar-refractivity contribution < 1.29 is 32.3 Å². The largest absolute Gasteiger partial charge is 0.452 e. The molecule has 2 amide bonds. The molecule has 0 saturated carbocycles. The third-order valence-electron chi connectivity index (χ3n) is 6.32. The molecule has 0 aliphatic carbocycles. The Balaban J connectivity index is 1.60. The number of nitrogens with one attached hydrogen (secondary N) is 2. The van der Waals surface area contributed by atoms with E-state index in [9.17, 15) is 32.3 Å². The average molecular weight is 593 g/mol. The van der Waals surface area contributed by atoms with Gasteiger partial charge in [-0.2, -0.15) is 13.2 Å². The van der Waals surface area contributed by atoms with E-state index in [1.54, 1.807) is 72.8 Å². The Kier molecular flexibility index (Phi) is 9.71. The maximum atomic E-state index is 13.5. The second-order valence-electron chi connectivity index (χ2n) is 9.61. The van der Waals surface area contributed by atoms with Gasteiger partial charge in [-0.3, -0.25) is 24.3 Å². The van der Waals surface area contributed by atoms with Gasteiger partial charge in [0.25, 0.3) is 11.3 Å². The first-order valence-electron chi connectivity index (χ1n) is 13.1. The van der Waals surface area contributed by atoms with E-state index >= 15 is 0 Å². The molecule has 0 aliphatic heterocycles. The van der Waals surface area contributed by atoms with E-state index in [1.165, 1.54) is 12.1 Å². The minimum Gasteiger partial charge on any atom is -0.444 e. The van der Waals surface area contributed by atoms with Gasteiger partial charge in [0.15, 0.2) is 0 Å². The molecule has 1 atom stereocenters. The van der Waals surface area contributed by atoms with Gasteiger partial charge in [0.2, 0.25) is 5.91 Å². The molecule has 3 aromatic carbocycles. The second kappa shape index (κ2) is 13.6. The zero-order valence-corrected chi connectivity index (χ0v) is 22.9. The molecule has 0 aliphatic rings. The number of amides is 2. The third kappa shape index (κ3) is 8.38. The quantitative estimate of drug-likeness (QED) is 0.272. The summed E-state index contributed by atoms with van der Waals surface area (Å²) in [6, 6.07) is 21.6.